The monoisotopic (exact) mass is 280 g/mol. The maximum absolute atomic E-state index is 12.8. The van der Waals surface area contributed by atoms with Crippen molar-refractivity contribution >= 4 is 11.6 Å². The summed E-state index contributed by atoms with van der Waals surface area (Å²) in [5.74, 6) is 1.45. The van der Waals surface area contributed by atoms with Gasteiger partial charge in [-0.15, -0.1) is 11.6 Å². The first-order chi connectivity index (χ1) is 9.22. The molecule has 0 saturated heterocycles. The molecule has 0 aliphatic heterocycles. The van der Waals surface area contributed by atoms with E-state index in [9.17, 15) is 4.39 Å². The van der Waals surface area contributed by atoms with Crippen molar-refractivity contribution in [3.05, 3.63) is 59.4 Å². The summed E-state index contributed by atoms with van der Waals surface area (Å²) in [5.41, 5.74) is 1.86. The highest BCUT2D eigenvalue weighted by atomic mass is 35.5. The molecule has 2 rings (SSSR count). The van der Waals surface area contributed by atoms with Crippen LogP contribution in [0.3, 0.4) is 0 Å². The zero-order chi connectivity index (χ0) is 13.7. The number of ether oxygens (including phenoxy) is 2. The van der Waals surface area contributed by atoms with Gasteiger partial charge in [-0.2, -0.15) is 0 Å². The van der Waals surface area contributed by atoms with Gasteiger partial charge in [0.05, 0.1) is 7.11 Å². The van der Waals surface area contributed by atoms with Gasteiger partial charge < -0.3 is 9.47 Å². The van der Waals surface area contributed by atoms with Gasteiger partial charge in [0.15, 0.2) is 11.5 Å². The van der Waals surface area contributed by atoms with Crippen molar-refractivity contribution in [2.24, 2.45) is 0 Å². The van der Waals surface area contributed by atoms with E-state index in [-0.39, 0.29) is 5.82 Å². The molecule has 0 spiro atoms. The van der Waals surface area contributed by atoms with Crippen molar-refractivity contribution in [2.45, 2.75) is 12.5 Å². The molecule has 0 fully saturated rings. The normalized spacial score (nSPS) is 10.3. The van der Waals surface area contributed by atoms with E-state index >= 15 is 0 Å². The maximum atomic E-state index is 12.8. The molecule has 2 nitrogen and oxygen atoms in total. The summed E-state index contributed by atoms with van der Waals surface area (Å²) in [4.78, 5) is 0. The topological polar surface area (TPSA) is 18.5 Å². The third-order valence-electron chi connectivity index (χ3n) is 2.69. The summed E-state index contributed by atoms with van der Waals surface area (Å²) >= 11 is 5.76. The largest absolute Gasteiger partial charge is 0.493 e. The van der Waals surface area contributed by atoms with Gasteiger partial charge >= 0.3 is 0 Å². The van der Waals surface area contributed by atoms with Gasteiger partial charge in [0, 0.05) is 5.88 Å². The first-order valence-corrected chi connectivity index (χ1v) is 6.36. The molecule has 0 unspecified atom stereocenters. The number of hydrogen-bond acceptors (Lipinski definition) is 2. The van der Waals surface area contributed by atoms with Crippen LogP contribution in [-0.2, 0) is 12.5 Å². The van der Waals surface area contributed by atoms with Crippen LogP contribution in [0.5, 0.6) is 11.5 Å². The highest BCUT2D eigenvalue weighted by molar-refractivity contribution is 6.17. The lowest BCUT2D eigenvalue weighted by molar-refractivity contribution is 0.284. The number of halogens is 2. The lowest BCUT2D eigenvalue weighted by atomic mass is 10.2. The molecule has 4 heteroatoms. The Balaban J connectivity index is 2.08. The summed E-state index contributed by atoms with van der Waals surface area (Å²) in [7, 11) is 1.58. The molecule has 0 radical (unpaired) electrons. The van der Waals surface area contributed by atoms with Gasteiger partial charge in [-0.3, -0.25) is 0 Å². The molecule has 0 N–H and O–H groups in total. The Morgan fingerprint density at radius 1 is 1.00 bits per heavy atom. The van der Waals surface area contributed by atoms with Crippen molar-refractivity contribution in [3.63, 3.8) is 0 Å². The molecule has 0 bridgehead atoms. The van der Waals surface area contributed by atoms with Crippen LogP contribution < -0.4 is 9.47 Å². The van der Waals surface area contributed by atoms with Crippen LogP contribution in [0.2, 0.25) is 0 Å². The first kappa shape index (κ1) is 13.7. The van der Waals surface area contributed by atoms with Crippen molar-refractivity contribution in [1.29, 1.82) is 0 Å². The zero-order valence-corrected chi connectivity index (χ0v) is 11.3. The fourth-order valence-electron chi connectivity index (χ4n) is 1.66. The van der Waals surface area contributed by atoms with Crippen LogP contribution in [-0.4, -0.2) is 7.11 Å². The minimum absolute atomic E-state index is 0.257. The molecule has 0 aromatic heterocycles. The molecule has 0 heterocycles. The Morgan fingerprint density at radius 2 is 1.68 bits per heavy atom. The van der Waals surface area contributed by atoms with Gasteiger partial charge in [0.1, 0.15) is 12.4 Å². The summed E-state index contributed by atoms with van der Waals surface area (Å²) in [6, 6.07) is 11.7. The van der Waals surface area contributed by atoms with Crippen molar-refractivity contribution in [2.75, 3.05) is 7.11 Å². The van der Waals surface area contributed by atoms with E-state index in [1.165, 1.54) is 12.1 Å². The van der Waals surface area contributed by atoms with Crippen LogP contribution in [0.4, 0.5) is 4.39 Å². The molecule has 19 heavy (non-hydrogen) atoms. The molecule has 2 aromatic rings. The average molecular weight is 281 g/mol. The Morgan fingerprint density at radius 3 is 2.32 bits per heavy atom. The average Bonchev–Trinajstić information content (AvgIpc) is 2.46. The summed E-state index contributed by atoms with van der Waals surface area (Å²) < 4.78 is 23.7. The molecular weight excluding hydrogens is 267 g/mol. The Hall–Kier alpha value is -1.74. The predicted molar refractivity (Wildman–Crippen MR) is 73.3 cm³/mol. The van der Waals surface area contributed by atoms with Gasteiger partial charge in [-0.1, -0.05) is 18.2 Å². The van der Waals surface area contributed by atoms with Gasteiger partial charge in [0.2, 0.25) is 0 Å². The Labute approximate surface area is 116 Å². The van der Waals surface area contributed by atoms with Gasteiger partial charge in [0.25, 0.3) is 0 Å². The number of methoxy groups -OCH3 is 1. The predicted octanol–water partition coefficient (Wildman–Crippen LogP) is 4.15. The second kappa shape index (κ2) is 6.43. The standard InChI is InChI=1S/C15H14ClFO2/c1-18-15-8-12(9-16)4-7-14(15)19-10-11-2-5-13(17)6-3-11/h2-8H,9-10H2,1H3. The fourth-order valence-corrected chi connectivity index (χ4v) is 1.82. The van der Waals surface area contributed by atoms with Crippen LogP contribution >= 0.6 is 11.6 Å². The van der Waals surface area contributed by atoms with E-state index in [1.54, 1.807) is 19.2 Å². The molecule has 2 aromatic carbocycles. The van der Waals surface area contributed by atoms with Crippen molar-refractivity contribution in [3.8, 4) is 11.5 Å². The van der Waals surface area contributed by atoms with E-state index < -0.39 is 0 Å². The number of alkyl halides is 1. The maximum Gasteiger partial charge on any atom is 0.161 e. The minimum atomic E-state index is -0.257. The minimum Gasteiger partial charge on any atom is -0.493 e. The number of hydrogen-bond donors (Lipinski definition) is 0. The fraction of sp³-hybridized carbons (Fsp3) is 0.200. The highest BCUT2D eigenvalue weighted by Crippen LogP contribution is 2.29. The van der Waals surface area contributed by atoms with Gasteiger partial charge in [-0.25, -0.2) is 4.39 Å². The van der Waals surface area contributed by atoms with E-state index in [1.807, 2.05) is 18.2 Å². The van der Waals surface area contributed by atoms with Crippen molar-refractivity contribution in [1.82, 2.24) is 0 Å². The van der Waals surface area contributed by atoms with E-state index in [4.69, 9.17) is 21.1 Å². The lowest BCUT2D eigenvalue weighted by Gasteiger charge is -2.11. The smallest absolute Gasteiger partial charge is 0.161 e. The molecule has 100 valence electrons. The van der Waals surface area contributed by atoms with Crippen molar-refractivity contribution < 1.29 is 13.9 Å². The van der Waals surface area contributed by atoms with E-state index in [0.29, 0.717) is 24.0 Å². The van der Waals surface area contributed by atoms with Crippen LogP contribution in [0.1, 0.15) is 11.1 Å². The molecule has 0 saturated carbocycles. The SMILES string of the molecule is COc1cc(CCl)ccc1OCc1ccc(F)cc1. The van der Waals surface area contributed by atoms with Crippen LogP contribution in [0.15, 0.2) is 42.5 Å². The Kier molecular flexibility index (Phi) is 4.63. The number of rotatable bonds is 5. The molecule has 0 aliphatic carbocycles. The lowest BCUT2D eigenvalue weighted by Crippen LogP contribution is -1.98. The van der Waals surface area contributed by atoms with E-state index in [0.717, 1.165) is 11.1 Å². The third kappa shape index (κ3) is 3.61. The zero-order valence-electron chi connectivity index (χ0n) is 10.5. The molecule has 0 atom stereocenters. The quantitative estimate of drug-likeness (QED) is 0.766. The second-order valence-electron chi connectivity index (χ2n) is 4.03. The summed E-state index contributed by atoms with van der Waals surface area (Å²) in [5, 5.41) is 0. The van der Waals surface area contributed by atoms with E-state index in [2.05, 4.69) is 0 Å². The number of benzene rings is 2. The van der Waals surface area contributed by atoms with Crippen LogP contribution in [0, 0.1) is 5.82 Å². The van der Waals surface area contributed by atoms with Crippen LogP contribution in [0.25, 0.3) is 0 Å². The second-order valence-corrected chi connectivity index (χ2v) is 4.30. The Bertz CT molecular complexity index is 540. The highest BCUT2D eigenvalue weighted by Gasteiger charge is 2.06. The van der Waals surface area contributed by atoms with Gasteiger partial charge in [-0.05, 0) is 35.4 Å². The molecule has 0 aliphatic rings. The summed E-state index contributed by atoms with van der Waals surface area (Å²) in [6.07, 6.45) is 0. The first-order valence-electron chi connectivity index (χ1n) is 5.83. The summed E-state index contributed by atoms with van der Waals surface area (Å²) in [6.45, 7) is 0.358. The third-order valence-corrected chi connectivity index (χ3v) is 3.00. The molecular formula is C15H14ClFO2. The molecule has 0 amide bonds.